The highest BCUT2D eigenvalue weighted by atomic mass is 16.5. The van der Waals surface area contributed by atoms with Crippen molar-refractivity contribution in [3.8, 4) is 0 Å². The first-order valence-electron chi connectivity index (χ1n) is 9.11. The minimum atomic E-state index is -0.213. The summed E-state index contributed by atoms with van der Waals surface area (Å²) >= 11 is 0. The molecule has 21 heavy (non-hydrogen) atoms. The van der Waals surface area contributed by atoms with Crippen molar-refractivity contribution in [1.82, 2.24) is 4.90 Å². The van der Waals surface area contributed by atoms with Gasteiger partial charge in [0.1, 0.15) is 0 Å². The molecule has 1 atom stereocenters. The van der Waals surface area contributed by atoms with E-state index in [2.05, 4.69) is 11.9 Å². The molecule has 1 unspecified atom stereocenters. The van der Waals surface area contributed by atoms with E-state index in [0.717, 1.165) is 25.4 Å². The predicted octanol–water partition coefficient (Wildman–Crippen LogP) is 3.99. The van der Waals surface area contributed by atoms with Crippen molar-refractivity contribution in [2.24, 2.45) is 0 Å². The minimum absolute atomic E-state index is 0.213. The van der Waals surface area contributed by atoms with Gasteiger partial charge in [-0.15, -0.1) is 0 Å². The van der Waals surface area contributed by atoms with Crippen LogP contribution in [0, 0.1) is 0 Å². The number of rotatable bonds is 7. The fourth-order valence-corrected chi connectivity index (χ4v) is 3.34. The van der Waals surface area contributed by atoms with E-state index in [1.54, 1.807) is 7.11 Å². The van der Waals surface area contributed by atoms with Crippen molar-refractivity contribution in [2.75, 3.05) is 27.3 Å². The summed E-state index contributed by atoms with van der Waals surface area (Å²) < 4.78 is 5.03. The molecule has 0 heterocycles. The van der Waals surface area contributed by atoms with Crippen LogP contribution in [0.25, 0.3) is 0 Å². The lowest BCUT2D eigenvalue weighted by Gasteiger charge is -2.29. The maximum atomic E-state index is 9.94. The lowest BCUT2D eigenvalue weighted by atomic mass is 10.0. The van der Waals surface area contributed by atoms with Gasteiger partial charge in [0.15, 0.2) is 0 Å². The van der Waals surface area contributed by atoms with E-state index in [1.165, 1.54) is 64.2 Å². The minimum Gasteiger partial charge on any atom is -0.393 e. The van der Waals surface area contributed by atoms with Crippen molar-refractivity contribution in [1.29, 1.82) is 0 Å². The Balaban J connectivity index is 2.28. The van der Waals surface area contributed by atoms with Crippen LogP contribution in [0.3, 0.4) is 0 Å². The van der Waals surface area contributed by atoms with Crippen LogP contribution in [-0.4, -0.2) is 49.5 Å². The Kier molecular flexibility index (Phi) is 11.2. The summed E-state index contributed by atoms with van der Waals surface area (Å²) in [6.07, 6.45) is 15.4. The van der Waals surface area contributed by atoms with E-state index in [9.17, 15) is 5.11 Å². The van der Waals surface area contributed by atoms with Gasteiger partial charge in [0.2, 0.25) is 0 Å². The van der Waals surface area contributed by atoms with Crippen LogP contribution in [0.4, 0.5) is 0 Å². The molecule has 1 rings (SSSR count). The summed E-state index contributed by atoms with van der Waals surface area (Å²) in [6.45, 7) is 1.67. The normalized spacial score (nSPS) is 21.1. The molecule has 3 nitrogen and oxygen atoms in total. The molecule has 0 saturated heterocycles. The van der Waals surface area contributed by atoms with E-state index < -0.39 is 0 Å². The zero-order valence-electron chi connectivity index (χ0n) is 14.4. The van der Waals surface area contributed by atoms with Gasteiger partial charge in [0, 0.05) is 26.3 Å². The highest BCUT2D eigenvalue weighted by molar-refractivity contribution is 4.71. The van der Waals surface area contributed by atoms with Crippen LogP contribution in [-0.2, 0) is 4.74 Å². The molecule has 1 fully saturated rings. The highest BCUT2D eigenvalue weighted by Crippen LogP contribution is 2.20. The van der Waals surface area contributed by atoms with Crippen LogP contribution in [0.15, 0.2) is 0 Å². The second-order valence-electron chi connectivity index (χ2n) is 6.76. The molecule has 0 radical (unpaired) electrons. The lowest BCUT2D eigenvalue weighted by molar-refractivity contribution is 0.0891. The Hall–Kier alpha value is -0.120. The summed E-state index contributed by atoms with van der Waals surface area (Å²) in [5.74, 6) is 0. The van der Waals surface area contributed by atoms with Gasteiger partial charge in [0.25, 0.3) is 0 Å². The van der Waals surface area contributed by atoms with Gasteiger partial charge in [-0.2, -0.15) is 0 Å². The first kappa shape index (κ1) is 18.9. The van der Waals surface area contributed by atoms with Crippen molar-refractivity contribution < 1.29 is 9.84 Å². The van der Waals surface area contributed by atoms with Gasteiger partial charge in [-0.3, -0.25) is 0 Å². The van der Waals surface area contributed by atoms with Crippen LogP contribution in [0.5, 0.6) is 0 Å². The molecule has 0 spiro atoms. The number of hydrogen-bond donors (Lipinski definition) is 1. The number of hydrogen-bond acceptors (Lipinski definition) is 3. The van der Waals surface area contributed by atoms with Crippen molar-refractivity contribution >= 4 is 0 Å². The largest absolute Gasteiger partial charge is 0.393 e. The third kappa shape index (κ3) is 9.49. The van der Waals surface area contributed by atoms with Crippen LogP contribution in [0.2, 0.25) is 0 Å². The molecule has 1 aliphatic rings. The molecule has 126 valence electrons. The first-order chi connectivity index (χ1) is 10.2. The molecular formula is C18H37NO2. The number of aliphatic hydroxyl groups is 1. The smallest absolute Gasteiger partial charge is 0.0574 e. The van der Waals surface area contributed by atoms with E-state index >= 15 is 0 Å². The van der Waals surface area contributed by atoms with Gasteiger partial charge in [-0.05, 0) is 32.7 Å². The maximum absolute atomic E-state index is 9.94. The Labute approximate surface area is 132 Å². The van der Waals surface area contributed by atoms with E-state index in [1.807, 2.05) is 0 Å². The third-order valence-electron chi connectivity index (χ3n) is 4.92. The van der Waals surface area contributed by atoms with Crippen LogP contribution in [0.1, 0.15) is 77.0 Å². The lowest BCUT2D eigenvalue weighted by Crippen LogP contribution is -2.34. The topological polar surface area (TPSA) is 32.7 Å². The number of nitrogens with zero attached hydrogens (tertiary/aromatic N) is 1. The Bertz CT molecular complexity index is 223. The molecule has 1 N–H and O–H groups in total. The van der Waals surface area contributed by atoms with Crippen molar-refractivity contribution in [2.45, 2.75) is 89.2 Å². The monoisotopic (exact) mass is 299 g/mol. The Morgan fingerprint density at radius 1 is 0.952 bits per heavy atom. The number of methoxy groups -OCH3 is 1. The fourth-order valence-electron chi connectivity index (χ4n) is 3.34. The molecule has 0 bridgehead atoms. The average molecular weight is 299 g/mol. The second kappa shape index (κ2) is 12.4. The first-order valence-corrected chi connectivity index (χ1v) is 9.11. The fraction of sp³-hybridized carbons (Fsp3) is 1.00. The van der Waals surface area contributed by atoms with Crippen LogP contribution >= 0.6 is 0 Å². The Morgan fingerprint density at radius 3 is 2.00 bits per heavy atom. The summed E-state index contributed by atoms with van der Waals surface area (Å²) in [6, 6.07) is 0.720. The van der Waals surface area contributed by atoms with Crippen molar-refractivity contribution in [3.05, 3.63) is 0 Å². The molecule has 1 saturated carbocycles. The molecule has 0 aromatic rings. The zero-order valence-corrected chi connectivity index (χ0v) is 14.4. The van der Waals surface area contributed by atoms with Crippen LogP contribution < -0.4 is 0 Å². The van der Waals surface area contributed by atoms with Gasteiger partial charge in [-0.1, -0.05) is 51.4 Å². The number of aliphatic hydroxyl groups excluding tert-OH is 1. The SMILES string of the molecule is COCCC(O)CCN(C)C1CCCCCCCCCC1. The van der Waals surface area contributed by atoms with E-state index in [4.69, 9.17) is 4.74 Å². The molecule has 0 aliphatic heterocycles. The summed E-state index contributed by atoms with van der Waals surface area (Å²) in [5, 5.41) is 9.94. The molecule has 0 aromatic heterocycles. The molecule has 1 aliphatic carbocycles. The third-order valence-corrected chi connectivity index (χ3v) is 4.92. The molecule has 3 heteroatoms. The quantitative estimate of drug-likeness (QED) is 0.771. The van der Waals surface area contributed by atoms with E-state index in [-0.39, 0.29) is 6.10 Å². The second-order valence-corrected chi connectivity index (χ2v) is 6.76. The summed E-state index contributed by atoms with van der Waals surface area (Å²) in [7, 11) is 3.94. The standard InChI is InChI=1S/C18H37NO2/c1-19(15-13-18(20)14-16-21-2)17-11-9-7-5-3-4-6-8-10-12-17/h17-18,20H,3-16H2,1-2H3. The summed E-state index contributed by atoms with van der Waals surface area (Å²) in [4.78, 5) is 2.49. The van der Waals surface area contributed by atoms with Gasteiger partial charge in [-0.25, -0.2) is 0 Å². The highest BCUT2D eigenvalue weighted by Gasteiger charge is 2.16. The maximum Gasteiger partial charge on any atom is 0.0574 e. The molecule has 0 amide bonds. The Morgan fingerprint density at radius 2 is 1.48 bits per heavy atom. The summed E-state index contributed by atoms with van der Waals surface area (Å²) in [5.41, 5.74) is 0. The number of ether oxygens (including phenoxy) is 1. The van der Waals surface area contributed by atoms with Gasteiger partial charge >= 0.3 is 0 Å². The average Bonchev–Trinajstić information content (AvgIpc) is 2.55. The molecule has 0 aromatic carbocycles. The zero-order chi connectivity index (χ0) is 15.3. The van der Waals surface area contributed by atoms with Gasteiger partial charge < -0.3 is 14.7 Å². The van der Waals surface area contributed by atoms with Gasteiger partial charge in [0.05, 0.1) is 6.10 Å². The molecular weight excluding hydrogens is 262 g/mol. The van der Waals surface area contributed by atoms with Crippen molar-refractivity contribution in [3.63, 3.8) is 0 Å². The predicted molar refractivity (Wildman–Crippen MR) is 89.7 cm³/mol. The van der Waals surface area contributed by atoms with E-state index in [0.29, 0.717) is 6.61 Å².